The van der Waals surface area contributed by atoms with E-state index in [1.807, 2.05) is 0 Å². The standard InChI is InChI=1S/C19H25N3O3/c1-3-22(4-2)13-6-12-20-18(23)15-8-10-16(11-9-15)21-19(24)17-7-5-14-25-17/h5,7-11,14H,3-4,6,12-13H2,1-2H3,(H,20,23)(H,21,24). The maximum Gasteiger partial charge on any atom is 0.291 e. The van der Waals surface area contributed by atoms with Crippen molar-refractivity contribution in [1.82, 2.24) is 10.2 Å². The van der Waals surface area contributed by atoms with Gasteiger partial charge in [0.2, 0.25) is 0 Å². The quantitative estimate of drug-likeness (QED) is 0.687. The van der Waals surface area contributed by atoms with Crippen molar-refractivity contribution in [2.24, 2.45) is 0 Å². The fourth-order valence-corrected chi connectivity index (χ4v) is 2.45. The zero-order valence-electron chi connectivity index (χ0n) is 14.7. The Bertz CT molecular complexity index is 662. The lowest BCUT2D eigenvalue weighted by Crippen LogP contribution is -2.29. The SMILES string of the molecule is CCN(CC)CCCNC(=O)c1ccc(NC(=O)c2ccco2)cc1. The summed E-state index contributed by atoms with van der Waals surface area (Å²) in [6.07, 6.45) is 2.37. The van der Waals surface area contributed by atoms with Gasteiger partial charge in [-0.2, -0.15) is 0 Å². The number of hydrogen-bond acceptors (Lipinski definition) is 4. The Morgan fingerprint density at radius 1 is 1.04 bits per heavy atom. The summed E-state index contributed by atoms with van der Waals surface area (Å²) in [5.74, 6) is -0.183. The molecule has 1 heterocycles. The van der Waals surface area contributed by atoms with Crippen molar-refractivity contribution in [3.8, 4) is 0 Å². The molecule has 0 bridgehead atoms. The van der Waals surface area contributed by atoms with Crippen LogP contribution in [0.3, 0.4) is 0 Å². The summed E-state index contributed by atoms with van der Waals surface area (Å²) in [5, 5.41) is 5.64. The van der Waals surface area contributed by atoms with E-state index in [1.54, 1.807) is 36.4 Å². The summed E-state index contributed by atoms with van der Waals surface area (Å²) < 4.78 is 5.04. The Balaban J connectivity index is 1.79. The van der Waals surface area contributed by atoms with Crippen molar-refractivity contribution in [3.63, 3.8) is 0 Å². The second-order valence-corrected chi connectivity index (χ2v) is 5.65. The first kappa shape index (κ1) is 18.7. The molecule has 25 heavy (non-hydrogen) atoms. The first-order valence-electron chi connectivity index (χ1n) is 8.59. The molecule has 0 aliphatic rings. The van der Waals surface area contributed by atoms with Crippen LogP contribution in [-0.4, -0.2) is 42.9 Å². The Morgan fingerprint density at radius 3 is 2.36 bits per heavy atom. The second kappa shape index (κ2) is 9.64. The highest BCUT2D eigenvalue weighted by molar-refractivity contribution is 6.02. The summed E-state index contributed by atoms with van der Waals surface area (Å²) in [5.41, 5.74) is 1.18. The monoisotopic (exact) mass is 343 g/mol. The Kier molecular flexibility index (Phi) is 7.22. The van der Waals surface area contributed by atoms with Crippen LogP contribution in [0.25, 0.3) is 0 Å². The molecule has 0 unspecified atom stereocenters. The molecule has 1 aromatic carbocycles. The van der Waals surface area contributed by atoms with E-state index >= 15 is 0 Å². The normalized spacial score (nSPS) is 10.7. The molecular formula is C19H25N3O3. The van der Waals surface area contributed by atoms with Gasteiger partial charge in [0.25, 0.3) is 11.8 Å². The zero-order valence-corrected chi connectivity index (χ0v) is 14.7. The highest BCUT2D eigenvalue weighted by atomic mass is 16.3. The Morgan fingerprint density at radius 2 is 1.76 bits per heavy atom. The van der Waals surface area contributed by atoms with Gasteiger partial charge in [0.1, 0.15) is 0 Å². The lowest BCUT2D eigenvalue weighted by Gasteiger charge is -2.17. The van der Waals surface area contributed by atoms with Crippen molar-refractivity contribution in [2.45, 2.75) is 20.3 Å². The molecule has 6 heteroatoms. The van der Waals surface area contributed by atoms with Crippen molar-refractivity contribution >= 4 is 17.5 Å². The van der Waals surface area contributed by atoms with Crippen LogP contribution in [0.4, 0.5) is 5.69 Å². The zero-order chi connectivity index (χ0) is 18.1. The number of anilines is 1. The third kappa shape index (κ3) is 5.76. The summed E-state index contributed by atoms with van der Waals surface area (Å²) in [6, 6.07) is 10.0. The molecule has 2 aromatic rings. The van der Waals surface area contributed by atoms with Crippen LogP contribution in [0.5, 0.6) is 0 Å². The molecule has 0 atom stereocenters. The third-order valence-electron chi connectivity index (χ3n) is 3.98. The van der Waals surface area contributed by atoms with Gasteiger partial charge in [0.15, 0.2) is 5.76 Å². The molecule has 2 rings (SSSR count). The third-order valence-corrected chi connectivity index (χ3v) is 3.98. The van der Waals surface area contributed by atoms with Crippen LogP contribution in [0.15, 0.2) is 47.1 Å². The van der Waals surface area contributed by atoms with Crippen molar-refractivity contribution in [2.75, 3.05) is 31.5 Å². The first-order valence-corrected chi connectivity index (χ1v) is 8.59. The predicted octanol–water partition coefficient (Wildman–Crippen LogP) is 2.99. The van der Waals surface area contributed by atoms with E-state index in [9.17, 15) is 9.59 Å². The molecule has 0 saturated carbocycles. The number of rotatable bonds is 9. The lowest BCUT2D eigenvalue weighted by atomic mass is 10.2. The van der Waals surface area contributed by atoms with Gasteiger partial charge in [0, 0.05) is 17.8 Å². The lowest BCUT2D eigenvalue weighted by molar-refractivity contribution is 0.0951. The van der Waals surface area contributed by atoms with Crippen molar-refractivity contribution in [3.05, 3.63) is 54.0 Å². The van der Waals surface area contributed by atoms with Gasteiger partial charge >= 0.3 is 0 Å². The van der Waals surface area contributed by atoms with Gasteiger partial charge in [-0.25, -0.2) is 0 Å². The molecule has 0 spiro atoms. The number of carbonyl (C=O) groups excluding carboxylic acids is 2. The number of nitrogens with one attached hydrogen (secondary N) is 2. The molecular weight excluding hydrogens is 318 g/mol. The molecule has 134 valence electrons. The van der Waals surface area contributed by atoms with Crippen LogP contribution in [0.1, 0.15) is 41.2 Å². The summed E-state index contributed by atoms with van der Waals surface area (Å²) in [4.78, 5) is 26.3. The number of amides is 2. The second-order valence-electron chi connectivity index (χ2n) is 5.65. The van der Waals surface area contributed by atoms with Crippen molar-refractivity contribution < 1.29 is 14.0 Å². The average molecular weight is 343 g/mol. The fraction of sp³-hybridized carbons (Fsp3) is 0.368. The maximum atomic E-state index is 12.1. The van der Waals surface area contributed by atoms with Gasteiger partial charge in [-0.05, 0) is 62.5 Å². The van der Waals surface area contributed by atoms with Crippen LogP contribution in [0.2, 0.25) is 0 Å². The summed E-state index contributed by atoms with van der Waals surface area (Å²) >= 11 is 0. The highest BCUT2D eigenvalue weighted by Crippen LogP contribution is 2.12. The van der Waals surface area contributed by atoms with Gasteiger partial charge in [-0.1, -0.05) is 13.8 Å². The highest BCUT2D eigenvalue weighted by Gasteiger charge is 2.10. The average Bonchev–Trinajstić information content (AvgIpc) is 3.17. The fourth-order valence-electron chi connectivity index (χ4n) is 2.45. The first-order chi connectivity index (χ1) is 12.1. The largest absolute Gasteiger partial charge is 0.459 e. The predicted molar refractivity (Wildman–Crippen MR) is 97.8 cm³/mol. The Hall–Kier alpha value is -2.60. The summed E-state index contributed by atoms with van der Waals surface area (Å²) in [7, 11) is 0. The van der Waals surface area contributed by atoms with E-state index in [2.05, 4.69) is 29.4 Å². The summed E-state index contributed by atoms with van der Waals surface area (Å²) in [6.45, 7) is 7.94. The van der Waals surface area contributed by atoms with Gasteiger partial charge in [-0.3, -0.25) is 9.59 Å². The van der Waals surface area contributed by atoms with E-state index in [1.165, 1.54) is 6.26 Å². The van der Waals surface area contributed by atoms with E-state index in [-0.39, 0.29) is 17.6 Å². The van der Waals surface area contributed by atoms with E-state index in [4.69, 9.17) is 4.42 Å². The van der Waals surface area contributed by atoms with Crippen LogP contribution in [-0.2, 0) is 0 Å². The minimum atomic E-state index is -0.321. The van der Waals surface area contributed by atoms with Gasteiger partial charge in [-0.15, -0.1) is 0 Å². The molecule has 2 N–H and O–H groups in total. The molecule has 1 aromatic heterocycles. The Labute approximate surface area is 148 Å². The van der Waals surface area contributed by atoms with Crippen LogP contribution in [0, 0.1) is 0 Å². The number of hydrogen-bond donors (Lipinski definition) is 2. The topological polar surface area (TPSA) is 74.6 Å². The molecule has 0 aliphatic heterocycles. The minimum absolute atomic E-state index is 0.108. The molecule has 0 radical (unpaired) electrons. The molecule has 0 fully saturated rings. The number of benzene rings is 1. The smallest absolute Gasteiger partial charge is 0.291 e. The van der Waals surface area contributed by atoms with E-state index in [0.717, 1.165) is 26.1 Å². The van der Waals surface area contributed by atoms with Crippen LogP contribution >= 0.6 is 0 Å². The number of furan rings is 1. The van der Waals surface area contributed by atoms with Crippen molar-refractivity contribution in [1.29, 1.82) is 0 Å². The van der Waals surface area contributed by atoms with Gasteiger partial charge < -0.3 is 20.0 Å². The maximum absolute atomic E-state index is 12.1. The van der Waals surface area contributed by atoms with Crippen LogP contribution < -0.4 is 10.6 Å². The minimum Gasteiger partial charge on any atom is -0.459 e. The molecule has 0 saturated heterocycles. The molecule has 0 aliphatic carbocycles. The molecule has 2 amide bonds. The van der Waals surface area contributed by atoms with E-state index < -0.39 is 0 Å². The number of carbonyl (C=O) groups is 2. The van der Waals surface area contributed by atoms with E-state index in [0.29, 0.717) is 17.8 Å². The number of nitrogens with zero attached hydrogens (tertiary/aromatic N) is 1. The van der Waals surface area contributed by atoms with Gasteiger partial charge in [0.05, 0.1) is 6.26 Å². The molecule has 6 nitrogen and oxygen atoms in total.